The van der Waals surface area contributed by atoms with Crippen LogP contribution in [-0.4, -0.2) is 44.4 Å². The van der Waals surface area contributed by atoms with Crippen LogP contribution in [0.1, 0.15) is 34.6 Å². The van der Waals surface area contributed by atoms with Gasteiger partial charge in [-0.2, -0.15) is 0 Å². The maximum atomic E-state index is 12.6. The predicted molar refractivity (Wildman–Crippen MR) is 105 cm³/mol. The lowest BCUT2D eigenvalue weighted by Crippen LogP contribution is -2.43. The number of likely N-dealkylation sites (tertiary alicyclic amines) is 1. The second-order valence-electron chi connectivity index (χ2n) is 7.20. The Morgan fingerprint density at radius 3 is 2.57 bits per heavy atom. The number of rotatable bonds is 4. The number of aromatic nitrogens is 3. The molecule has 0 spiro atoms. The molecule has 0 unspecified atom stereocenters. The molecule has 0 bridgehead atoms. The molecule has 3 heterocycles. The Morgan fingerprint density at radius 2 is 1.82 bits per heavy atom. The minimum absolute atomic E-state index is 0.00937. The molecule has 4 rings (SSSR count). The molecule has 144 valence electrons. The fourth-order valence-corrected chi connectivity index (χ4v) is 3.55. The predicted octanol–water partition coefficient (Wildman–Crippen LogP) is 2.21. The van der Waals surface area contributed by atoms with Crippen LogP contribution in [0.4, 0.5) is 0 Å². The highest BCUT2D eigenvalue weighted by molar-refractivity contribution is 5.94. The zero-order valence-corrected chi connectivity index (χ0v) is 15.8. The normalized spacial score (nSPS) is 15.0. The molecule has 0 radical (unpaired) electrons. The van der Waals surface area contributed by atoms with Crippen LogP contribution in [0, 0.1) is 12.8 Å². The van der Waals surface area contributed by atoms with Crippen molar-refractivity contribution in [3.05, 3.63) is 65.6 Å². The fraction of sp³-hybridized carbons (Fsp3) is 0.333. The largest absolute Gasteiger partial charge is 0.349 e. The molecule has 2 amide bonds. The Bertz CT molecular complexity index is 987. The fourth-order valence-electron chi connectivity index (χ4n) is 3.55. The quantitative estimate of drug-likeness (QED) is 0.756. The van der Waals surface area contributed by atoms with Crippen molar-refractivity contribution in [2.75, 3.05) is 13.1 Å². The Hall–Kier alpha value is -3.22. The Labute approximate surface area is 163 Å². The summed E-state index contributed by atoms with van der Waals surface area (Å²) in [4.78, 5) is 27.0. The molecular formula is C21H23N5O2. The lowest BCUT2D eigenvalue weighted by Gasteiger charge is -2.31. The van der Waals surface area contributed by atoms with Crippen molar-refractivity contribution in [2.24, 2.45) is 5.92 Å². The molecule has 1 fully saturated rings. The third kappa shape index (κ3) is 3.74. The van der Waals surface area contributed by atoms with Gasteiger partial charge < -0.3 is 10.2 Å². The van der Waals surface area contributed by atoms with Crippen LogP contribution in [0.3, 0.4) is 0 Å². The van der Waals surface area contributed by atoms with Gasteiger partial charge in [0, 0.05) is 30.8 Å². The van der Waals surface area contributed by atoms with Gasteiger partial charge in [-0.05, 0) is 44.0 Å². The maximum Gasteiger partial charge on any atom is 0.253 e. The molecule has 2 aromatic heterocycles. The van der Waals surface area contributed by atoms with Crippen LogP contribution in [0.5, 0.6) is 0 Å². The number of pyridine rings is 1. The molecule has 3 aromatic rings. The maximum absolute atomic E-state index is 12.6. The summed E-state index contributed by atoms with van der Waals surface area (Å²) in [5.74, 6) is 0.668. The third-order valence-corrected chi connectivity index (χ3v) is 5.26. The second kappa shape index (κ2) is 7.80. The number of nitrogens with one attached hydrogen (secondary N) is 1. The smallest absolute Gasteiger partial charge is 0.253 e. The third-order valence-electron chi connectivity index (χ3n) is 5.26. The monoisotopic (exact) mass is 377 g/mol. The number of piperidine rings is 1. The van der Waals surface area contributed by atoms with E-state index in [1.165, 1.54) is 0 Å². The molecule has 1 saturated heterocycles. The highest BCUT2D eigenvalue weighted by Crippen LogP contribution is 2.19. The number of hydrogen-bond acceptors (Lipinski definition) is 4. The summed E-state index contributed by atoms with van der Waals surface area (Å²) in [5.41, 5.74) is 2.59. The summed E-state index contributed by atoms with van der Waals surface area (Å²) >= 11 is 0. The Balaban J connectivity index is 1.30. The first-order chi connectivity index (χ1) is 13.6. The van der Waals surface area contributed by atoms with E-state index in [0.29, 0.717) is 43.9 Å². The van der Waals surface area contributed by atoms with Gasteiger partial charge >= 0.3 is 0 Å². The van der Waals surface area contributed by atoms with Crippen molar-refractivity contribution in [3.8, 4) is 0 Å². The minimum atomic E-state index is -0.0822. The number of hydrogen-bond donors (Lipinski definition) is 1. The van der Waals surface area contributed by atoms with E-state index in [2.05, 4.69) is 15.5 Å². The van der Waals surface area contributed by atoms with Crippen molar-refractivity contribution in [1.29, 1.82) is 0 Å². The molecule has 7 nitrogen and oxygen atoms in total. The first-order valence-electron chi connectivity index (χ1n) is 9.54. The van der Waals surface area contributed by atoms with Gasteiger partial charge in [0.25, 0.3) is 5.91 Å². The van der Waals surface area contributed by atoms with E-state index in [1.807, 2.05) is 64.9 Å². The van der Waals surface area contributed by atoms with Gasteiger partial charge in [-0.1, -0.05) is 23.8 Å². The van der Waals surface area contributed by atoms with E-state index in [9.17, 15) is 9.59 Å². The number of fused-ring (bicyclic) bond motifs is 1. The van der Waals surface area contributed by atoms with Crippen molar-refractivity contribution >= 4 is 17.5 Å². The average molecular weight is 377 g/mol. The van der Waals surface area contributed by atoms with Crippen molar-refractivity contribution in [1.82, 2.24) is 24.8 Å². The molecule has 0 saturated carbocycles. The number of aryl methyl sites for hydroxylation is 1. The highest BCUT2D eigenvalue weighted by atomic mass is 16.2. The van der Waals surface area contributed by atoms with Crippen LogP contribution < -0.4 is 5.32 Å². The van der Waals surface area contributed by atoms with E-state index in [1.54, 1.807) is 0 Å². The zero-order chi connectivity index (χ0) is 19.5. The van der Waals surface area contributed by atoms with Gasteiger partial charge in [0.05, 0.1) is 6.54 Å². The summed E-state index contributed by atoms with van der Waals surface area (Å²) in [6, 6.07) is 13.3. The van der Waals surface area contributed by atoms with E-state index in [0.717, 1.165) is 11.2 Å². The van der Waals surface area contributed by atoms with Crippen LogP contribution in [0.15, 0.2) is 48.7 Å². The summed E-state index contributed by atoms with van der Waals surface area (Å²) < 4.78 is 1.86. The lowest BCUT2D eigenvalue weighted by molar-refractivity contribution is -0.126. The summed E-state index contributed by atoms with van der Waals surface area (Å²) in [6.45, 7) is 3.53. The first kappa shape index (κ1) is 18.2. The van der Waals surface area contributed by atoms with E-state index in [4.69, 9.17) is 0 Å². The number of amides is 2. The van der Waals surface area contributed by atoms with Crippen molar-refractivity contribution in [3.63, 3.8) is 0 Å². The van der Waals surface area contributed by atoms with Gasteiger partial charge in [-0.15, -0.1) is 10.2 Å². The lowest BCUT2D eigenvalue weighted by atomic mass is 9.95. The number of nitrogens with zero attached hydrogens (tertiary/aromatic N) is 4. The summed E-state index contributed by atoms with van der Waals surface area (Å²) in [6.07, 6.45) is 3.22. The molecule has 1 N–H and O–H groups in total. The molecule has 1 aromatic carbocycles. The van der Waals surface area contributed by atoms with Gasteiger partial charge in [-0.25, -0.2) is 0 Å². The number of carbonyl (C=O) groups excluding carboxylic acids is 2. The van der Waals surface area contributed by atoms with Crippen molar-refractivity contribution in [2.45, 2.75) is 26.3 Å². The average Bonchev–Trinajstić information content (AvgIpc) is 3.15. The zero-order valence-electron chi connectivity index (χ0n) is 15.8. The molecule has 1 aliphatic rings. The van der Waals surface area contributed by atoms with E-state index >= 15 is 0 Å². The van der Waals surface area contributed by atoms with Crippen LogP contribution >= 0.6 is 0 Å². The second-order valence-corrected chi connectivity index (χ2v) is 7.20. The number of benzene rings is 1. The topological polar surface area (TPSA) is 79.6 Å². The first-order valence-corrected chi connectivity index (χ1v) is 9.54. The molecule has 1 aliphatic heterocycles. The van der Waals surface area contributed by atoms with Crippen LogP contribution in [0.2, 0.25) is 0 Å². The number of carbonyl (C=O) groups is 2. The Kier molecular flexibility index (Phi) is 5.06. The van der Waals surface area contributed by atoms with Gasteiger partial charge in [-0.3, -0.25) is 14.0 Å². The van der Waals surface area contributed by atoms with E-state index in [-0.39, 0.29) is 17.7 Å². The van der Waals surface area contributed by atoms with Crippen molar-refractivity contribution < 1.29 is 9.59 Å². The minimum Gasteiger partial charge on any atom is -0.349 e. The van der Waals surface area contributed by atoms with E-state index < -0.39 is 0 Å². The van der Waals surface area contributed by atoms with Gasteiger partial charge in [0.1, 0.15) is 0 Å². The molecular weight excluding hydrogens is 354 g/mol. The molecule has 0 aliphatic carbocycles. The molecule has 0 atom stereocenters. The van der Waals surface area contributed by atoms with Crippen LogP contribution in [0.25, 0.3) is 5.65 Å². The SMILES string of the molecule is Cc1ccc(C(=O)N2CCC(C(=O)NCc3nnc4ccccn34)CC2)cc1. The Morgan fingerprint density at radius 1 is 1.07 bits per heavy atom. The summed E-state index contributed by atoms with van der Waals surface area (Å²) in [5, 5.41) is 11.2. The van der Waals surface area contributed by atoms with Gasteiger partial charge in [0.15, 0.2) is 11.5 Å². The molecule has 7 heteroatoms. The van der Waals surface area contributed by atoms with Gasteiger partial charge in [0.2, 0.25) is 5.91 Å². The standard InChI is InChI=1S/C21H23N5O2/c1-15-5-7-17(8-6-15)21(28)25-12-9-16(10-13-25)20(27)22-14-19-24-23-18-4-2-3-11-26(18)19/h2-8,11,16H,9-10,12-14H2,1H3,(H,22,27). The molecule has 28 heavy (non-hydrogen) atoms. The highest BCUT2D eigenvalue weighted by Gasteiger charge is 2.27. The summed E-state index contributed by atoms with van der Waals surface area (Å²) in [7, 11) is 0. The van der Waals surface area contributed by atoms with Crippen LogP contribution in [-0.2, 0) is 11.3 Å².